The van der Waals surface area contributed by atoms with Crippen molar-refractivity contribution in [3.63, 3.8) is 0 Å². The van der Waals surface area contributed by atoms with E-state index in [0.717, 1.165) is 21.8 Å². The molecule has 5 nitrogen and oxygen atoms in total. The molecule has 2 aromatic rings. The molecule has 0 saturated heterocycles. The molecule has 0 atom stereocenters. The highest BCUT2D eigenvalue weighted by atomic mass is 32.2. The molecule has 0 fully saturated rings. The van der Waals surface area contributed by atoms with E-state index in [4.69, 9.17) is 0 Å². The lowest BCUT2D eigenvalue weighted by Gasteiger charge is -2.06. The Morgan fingerprint density at radius 1 is 1.19 bits per heavy atom. The predicted molar refractivity (Wildman–Crippen MR) is 82.9 cm³/mol. The summed E-state index contributed by atoms with van der Waals surface area (Å²) in [7, 11) is -2.05. The second kappa shape index (κ2) is 6.38. The minimum Gasteiger partial charge on any atom is -0.347 e. The zero-order chi connectivity index (χ0) is 15.5. The molecule has 1 heterocycles. The molecule has 1 aromatic carbocycles. The maximum atomic E-state index is 12.1. The fourth-order valence-corrected chi connectivity index (χ4v) is 3.92. The van der Waals surface area contributed by atoms with Gasteiger partial charge in [-0.05, 0) is 37.7 Å². The Morgan fingerprint density at radius 3 is 2.57 bits per heavy atom. The molecule has 0 aliphatic heterocycles. The minimum atomic E-state index is -3.42. The van der Waals surface area contributed by atoms with Crippen LogP contribution in [0, 0.1) is 6.92 Å². The van der Waals surface area contributed by atoms with Gasteiger partial charge in [-0.25, -0.2) is 13.1 Å². The highest BCUT2D eigenvalue weighted by Gasteiger charge is 2.15. The maximum Gasteiger partial charge on any atom is 0.251 e. The van der Waals surface area contributed by atoms with Gasteiger partial charge in [-0.15, -0.1) is 11.3 Å². The van der Waals surface area contributed by atoms with Gasteiger partial charge < -0.3 is 5.32 Å². The summed E-state index contributed by atoms with van der Waals surface area (Å²) in [6.07, 6.45) is 0. The number of amides is 1. The molecule has 0 radical (unpaired) electrons. The van der Waals surface area contributed by atoms with Gasteiger partial charge in [0.1, 0.15) is 4.21 Å². The Hall–Kier alpha value is -1.70. The second-order valence-electron chi connectivity index (χ2n) is 4.43. The van der Waals surface area contributed by atoms with Crippen LogP contribution in [0.4, 0.5) is 0 Å². The number of carbonyl (C=O) groups excluding carboxylic acids is 1. The van der Waals surface area contributed by atoms with E-state index in [1.165, 1.54) is 13.1 Å². The number of carbonyl (C=O) groups is 1. The van der Waals surface area contributed by atoms with Crippen molar-refractivity contribution in [2.75, 3.05) is 7.05 Å². The molecule has 7 heteroatoms. The monoisotopic (exact) mass is 324 g/mol. The third-order valence-corrected chi connectivity index (χ3v) is 5.97. The van der Waals surface area contributed by atoms with Crippen LogP contribution in [-0.2, 0) is 16.6 Å². The van der Waals surface area contributed by atoms with Gasteiger partial charge in [-0.1, -0.05) is 18.2 Å². The molecular formula is C14H16N2O3S2. The number of benzene rings is 1. The van der Waals surface area contributed by atoms with E-state index in [9.17, 15) is 13.2 Å². The van der Waals surface area contributed by atoms with Crippen LogP contribution in [0.15, 0.2) is 40.6 Å². The van der Waals surface area contributed by atoms with Crippen molar-refractivity contribution in [2.24, 2.45) is 0 Å². The van der Waals surface area contributed by atoms with Crippen molar-refractivity contribution in [1.29, 1.82) is 0 Å². The summed E-state index contributed by atoms with van der Waals surface area (Å²) in [6.45, 7) is 2.18. The average molecular weight is 324 g/mol. The van der Waals surface area contributed by atoms with Gasteiger partial charge in [0.15, 0.2) is 0 Å². The van der Waals surface area contributed by atoms with Gasteiger partial charge in [-0.2, -0.15) is 0 Å². The molecule has 0 spiro atoms. The molecule has 112 valence electrons. The number of nitrogens with one attached hydrogen (secondary N) is 2. The summed E-state index contributed by atoms with van der Waals surface area (Å²) < 4.78 is 25.8. The highest BCUT2D eigenvalue weighted by Crippen LogP contribution is 2.21. The number of thiophene rings is 1. The van der Waals surface area contributed by atoms with Gasteiger partial charge in [0.2, 0.25) is 10.0 Å². The molecule has 1 amide bonds. The van der Waals surface area contributed by atoms with Gasteiger partial charge in [0, 0.05) is 10.4 Å². The third-order valence-electron chi connectivity index (χ3n) is 2.98. The van der Waals surface area contributed by atoms with Crippen molar-refractivity contribution in [3.05, 3.63) is 52.4 Å². The van der Waals surface area contributed by atoms with Crippen molar-refractivity contribution < 1.29 is 13.2 Å². The van der Waals surface area contributed by atoms with Crippen molar-refractivity contribution in [3.8, 4) is 0 Å². The van der Waals surface area contributed by atoms with E-state index in [1.807, 2.05) is 25.1 Å². The van der Waals surface area contributed by atoms with E-state index in [2.05, 4.69) is 10.0 Å². The van der Waals surface area contributed by atoms with Crippen molar-refractivity contribution >= 4 is 27.3 Å². The number of hydrogen-bond donors (Lipinski definition) is 2. The summed E-state index contributed by atoms with van der Waals surface area (Å²) in [5, 5.41) is 2.80. The zero-order valence-electron chi connectivity index (χ0n) is 11.7. The van der Waals surface area contributed by atoms with E-state index >= 15 is 0 Å². The maximum absolute atomic E-state index is 12.1. The number of hydrogen-bond acceptors (Lipinski definition) is 4. The Balaban J connectivity index is 2.04. The fraction of sp³-hybridized carbons (Fsp3) is 0.214. The molecular weight excluding hydrogens is 308 g/mol. The molecule has 0 bridgehead atoms. The first-order valence-corrected chi connectivity index (χ1v) is 8.60. The molecule has 2 rings (SSSR count). The van der Waals surface area contributed by atoms with Gasteiger partial charge in [0.05, 0.1) is 6.54 Å². The molecule has 0 aliphatic rings. The van der Waals surface area contributed by atoms with Crippen LogP contribution in [0.25, 0.3) is 0 Å². The minimum absolute atomic E-state index is 0.167. The summed E-state index contributed by atoms with van der Waals surface area (Å²) in [6, 6.07) is 10.6. The van der Waals surface area contributed by atoms with E-state index in [-0.39, 0.29) is 10.1 Å². The Kier molecular flexibility index (Phi) is 4.76. The Labute approximate surface area is 128 Å². The van der Waals surface area contributed by atoms with E-state index < -0.39 is 10.0 Å². The van der Waals surface area contributed by atoms with Crippen molar-refractivity contribution in [2.45, 2.75) is 17.7 Å². The molecule has 21 heavy (non-hydrogen) atoms. The first-order valence-electron chi connectivity index (χ1n) is 6.30. The lowest BCUT2D eigenvalue weighted by Crippen LogP contribution is -2.23. The van der Waals surface area contributed by atoms with Crippen molar-refractivity contribution in [1.82, 2.24) is 10.0 Å². The third kappa shape index (κ3) is 3.69. The number of aryl methyl sites for hydroxylation is 1. The lowest BCUT2D eigenvalue weighted by atomic mass is 10.1. The Bertz CT molecular complexity index is 751. The summed E-state index contributed by atoms with van der Waals surface area (Å²) in [5.41, 5.74) is 1.52. The van der Waals surface area contributed by atoms with Crippen LogP contribution < -0.4 is 10.0 Å². The highest BCUT2D eigenvalue weighted by molar-refractivity contribution is 7.91. The lowest BCUT2D eigenvalue weighted by molar-refractivity contribution is 0.0950. The van der Waals surface area contributed by atoms with Gasteiger partial charge >= 0.3 is 0 Å². The number of sulfonamides is 1. The molecule has 2 N–H and O–H groups in total. The van der Waals surface area contributed by atoms with E-state index in [0.29, 0.717) is 12.1 Å². The summed E-state index contributed by atoms with van der Waals surface area (Å²) in [5.74, 6) is -0.167. The smallest absolute Gasteiger partial charge is 0.251 e. The molecule has 1 aromatic heterocycles. The quantitative estimate of drug-likeness (QED) is 0.882. The van der Waals surface area contributed by atoms with Crippen LogP contribution in [0.1, 0.15) is 20.8 Å². The average Bonchev–Trinajstić information content (AvgIpc) is 2.95. The first kappa shape index (κ1) is 15.7. The summed E-state index contributed by atoms with van der Waals surface area (Å²) in [4.78, 5) is 12.8. The number of rotatable bonds is 5. The molecule has 0 saturated carbocycles. The second-order valence-corrected chi connectivity index (χ2v) is 7.71. The standard InChI is InChI=1S/C14H16N2O3S2/c1-10-5-3-4-6-12(10)14(17)16-9-11-7-8-13(20-11)21(18,19)15-2/h3-8,15H,9H2,1-2H3,(H,16,17). The SMILES string of the molecule is CNS(=O)(=O)c1ccc(CNC(=O)c2ccccc2C)s1. The van der Waals surface area contributed by atoms with Crippen LogP contribution in [-0.4, -0.2) is 21.4 Å². The zero-order valence-corrected chi connectivity index (χ0v) is 13.3. The molecule has 0 unspecified atom stereocenters. The van der Waals surface area contributed by atoms with Gasteiger partial charge in [-0.3, -0.25) is 4.79 Å². The normalized spacial score (nSPS) is 11.3. The van der Waals surface area contributed by atoms with Gasteiger partial charge in [0.25, 0.3) is 5.91 Å². The van der Waals surface area contributed by atoms with E-state index in [1.54, 1.807) is 12.1 Å². The first-order chi connectivity index (χ1) is 9.94. The predicted octanol–water partition coefficient (Wildman–Crippen LogP) is 1.89. The van der Waals surface area contributed by atoms with Crippen LogP contribution in [0.5, 0.6) is 0 Å². The van der Waals surface area contributed by atoms with Crippen LogP contribution >= 0.6 is 11.3 Å². The largest absolute Gasteiger partial charge is 0.347 e. The van der Waals surface area contributed by atoms with Crippen LogP contribution in [0.3, 0.4) is 0 Å². The fourth-order valence-electron chi connectivity index (χ4n) is 1.79. The Morgan fingerprint density at radius 2 is 1.90 bits per heavy atom. The summed E-state index contributed by atoms with van der Waals surface area (Å²) >= 11 is 1.14. The van der Waals surface area contributed by atoms with Crippen LogP contribution in [0.2, 0.25) is 0 Å². The molecule has 0 aliphatic carbocycles. The topological polar surface area (TPSA) is 75.3 Å².